The number of benzene rings is 2. The number of anilines is 1. The quantitative estimate of drug-likeness (QED) is 0.529. The molecule has 0 saturated heterocycles. The number of fused-ring (bicyclic) bond motifs is 1. The highest BCUT2D eigenvalue weighted by Gasteiger charge is 2.60. The minimum atomic E-state index is -5.25. The Morgan fingerprint density at radius 3 is 2.08 bits per heavy atom. The van der Waals surface area contributed by atoms with Gasteiger partial charge in [0.15, 0.2) is 0 Å². The van der Waals surface area contributed by atoms with E-state index in [0.717, 1.165) is 11.0 Å². The van der Waals surface area contributed by atoms with E-state index in [1.54, 1.807) is 0 Å². The van der Waals surface area contributed by atoms with Crippen LogP contribution >= 0.6 is 12.4 Å². The Morgan fingerprint density at radius 2 is 1.62 bits per heavy atom. The molecule has 1 unspecified atom stereocenters. The van der Waals surface area contributed by atoms with Gasteiger partial charge in [0.2, 0.25) is 11.5 Å². The summed E-state index contributed by atoms with van der Waals surface area (Å²) in [7, 11) is 0. The molecule has 0 bridgehead atoms. The van der Waals surface area contributed by atoms with Crippen molar-refractivity contribution in [2.75, 3.05) is 18.0 Å². The van der Waals surface area contributed by atoms with E-state index < -0.39 is 75.0 Å². The van der Waals surface area contributed by atoms with E-state index >= 15 is 0 Å². The van der Waals surface area contributed by atoms with Crippen LogP contribution in [0.3, 0.4) is 0 Å². The lowest BCUT2D eigenvalue weighted by atomic mass is 9.82. The normalized spacial score (nSPS) is 23.1. The Labute approximate surface area is 214 Å². The summed E-state index contributed by atoms with van der Waals surface area (Å²) in [6.45, 7) is 5.19. The van der Waals surface area contributed by atoms with Crippen molar-refractivity contribution < 1.29 is 41.0 Å². The molecule has 1 heterocycles. The largest absolute Gasteiger partial charge is 0.416 e. The fourth-order valence-electron chi connectivity index (χ4n) is 5.24. The summed E-state index contributed by atoms with van der Waals surface area (Å²) in [6, 6.07) is 0.796. The number of carbonyl (C=O) groups excluding carboxylic acids is 2. The Bertz CT molecular complexity index is 1220. The predicted octanol–water partition coefficient (Wildman–Crippen LogP) is 4.10. The molecule has 13 heteroatoms. The van der Waals surface area contributed by atoms with E-state index in [9.17, 15) is 41.0 Å². The van der Waals surface area contributed by atoms with Crippen LogP contribution in [0.1, 0.15) is 53.7 Å². The Morgan fingerprint density at radius 1 is 1.08 bits per heavy atom. The molecule has 2 amide bonds. The number of amides is 2. The van der Waals surface area contributed by atoms with Gasteiger partial charge in [-0.15, -0.1) is 12.4 Å². The molecule has 4 rings (SSSR count). The van der Waals surface area contributed by atoms with Crippen LogP contribution in [-0.4, -0.2) is 47.0 Å². The number of nitrogens with zero attached hydrogens (tertiary/aromatic N) is 2. The Kier molecular flexibility index (Phi) is 7.62. The second-order valence-corrected chi connectivity index (χ2v) is 8.91. The van der Waals surface area contributed by atoms with Crippen LogP contribution in [0.2, 0.25) is 0 Å². The lowest BCUT2D eigenvalue weighted by Gasteiger charge is -2.46. The van der Waals surface area contributed by atoms with Crippen LogP contribution < -0.4 is 10.6 Å². The highest BCUT2D eigenvalue weighted by Crippen LogP contribution is 2.53. The van der Waals surface area contributed by atoms with E-state index in [1.165, 1.54) is 0 Å². The van der Waals surface area contributed by atoms with Crippen molar-refractivity contribution in [1.29, 1.82) is 0 Å². The van der Waals surface area contributed by atoms with Crippen LogP contribution in [0.15, 0.2) is 24.3 Å². The number of carbonyl (C=O) groups is 2. The SMILES string of the molecule is CCN(CC)C1CC(N2C(=O)C(O)(c3c(F)cc(F)cc3F)c3c2cc(C(N)=O)cc3C(F)(F)F)C1.Cl. The van der Waals surface area contributed by atoms with Crippen LogP contribution in [-0.2, 0) is 16.6 Å². The fraction of sp³-hybridized carbons (Fsp3) is 0.417. The summed E-state index contributed by atoms with van der Waals surface area (Å²) in [6.07, 6.45) is -4.64. The lowest BCUT2D eigenvalue weighted by molar-refractivity contribution is -0.142. The Balaban J connectivity index is 0.00000380. The van der Waals surface area contributed by atoms with E-state index in [2.05, 4.69) is 4.90 Å². The maximum absolute atomic E-state index is 14.8. The van der Waals surface area contributed by atoms with Crippen molar-refractivity contribution in [3.8, 4) is 0 Å². The second-order valence-electron chi connectivity index (χ2n) is 8.91. The van der Waals surface area contributed by atoms with Crippen LogP contribution in [0.4, 0.5) is 32.0 Å². The zero-order valence-corrected chi connectivity index (χ0v) is 20.5. The van der Waals surface area contributed by atoms with Crippen LogP contribution in [0, 0.1) is 17.5 Å². The van der Waals surface area contributed by atoms with Gasteiger partial charge >= 0.3 is 6.18 Å². The molecule has 37 heavy (non-hydrogen) atoms. The van der Waals surface area contributed by atoms with Gasteiger partial charge in [0.1, 0.15) is 17.5 Å². The van der Waals surface area contributed by atoms with E-state index in [4.69, 9.17) is 5.73 Å². The molecule has 6 nitrogen and oxygen atoms in total. The minimum absolute atomic E-state index is 0. The van der Waals surface area contributed by atoms with Crippen LogP contribution in [0.25, 0.3) is 0 Å². The number of rotatable bonds is 6. The molecule has 2 aromatic carbocycles. The highest BCUT2D eigenvalue weighted by atomic mass is 35.5. The predicted molar refractivity (Wildman–Crippen MR) is 124 cm³/mol. The van der Waals surface area contributed by atoms with E-state index in [-0.39, 0.29) is 30.6 Å². The average molecular weight is 552 g/mol. The maximum atomic E-state index is 14.8. The van der Waals surface area contributed by atoms with Gasteiger partial charge in [-0.05, 0) is 38.1 Å². The van der Waals surface area contributed by atoms with Gasteiger partial charge < -0.3 is 20.6 Å². The van der Waals surface area contributed by atoms with Crippen molar-refractivity contribution in [2.24, 2.45) is 5.73 Å². The van der Waals surface area contributed by atoms with Gasteiger partial charge in [-0.1, -0.05) is 13.8 Å². The van der Waals surface area contributed by atoms with Gasteiger partial charge in [-0.25, -0.2) is 13.2 Å². The second kappa shape index (κ2) is 9.80. The smallest absolute Gasteiger partial charge is 0.371 e. The number of hydrogen-bond donors (Lipinski definition) is 2. The summed E-state index contributed by atoms with van der Waals surface area (Å²) in [5.41, 5.74) is -3.62. The monoisotopic (exact) mass is 551 g/mol. The summed E-state index contributed by atoms with van der Waals surface area (Å²) in [5.74, 6) is -7.53. The first kappa shape index (κ1) is 28.7. The molecule has 0 aromatic heterocycles. The molecule has 1 atom stereocenters. The molecule has 0 radical (unpaired) electrons. The topological polar surface area (TPSA) is 86.9 Å². The summed E-state index contributed by atoms with van der Waals surface area (Å²) >= 11 is 0. The molecule has 3 N–H and O–H groups in total. The lowest BCUT2D eigenvalue weighted by Crippen LogP contribution is -2.57. The Hall–Kier alpha value is -2.83. The molecule has 1 aliphatic heterocycles. The molecule has 2 aromatic rings. The fourth-order valence-corrected chi connectivity index (χ4v) is 5.24. The molecule has 202 valence electrons. The number of primary amides is 1. The highest BCUT2D eigenvalue weighted by molar-refractivity contribution is 6.11. The van der Waals surface area contributed by atoms with Gasteiger partial charge in [0.05, 0.1) is 16.8 Å². The molecule has 1 saturated carbocycles. The van der Waals surface area contributed by atoms with Crippen molar-refractivity contribution >= 4 is 29.9 Å². The standard InChI is InChI=1S/C24H23F6N3O3.ClH/c1-3-32(4-2)13-9-14(10-13)33-18-6-11(21(31)34)5-15(24(28,29)30)19(18)23(36,22(33)35)20-16(26)7-12(25)8-17(20)27;/h5-8,13-14,36H,3-4,9-10H2,1-2H3,(H2,31,34);1H. The third kappa shape index (κ3) is 4.44. The molecular formula is C24H24ClF6N3O3. The zero-order valence-electron chi connectivity index (χ0n) is 19.7. The van der Waals surface area contributed by atoms with Crippen molar-refractivity contribution in [3.05, 3.63) is 64.0 Å². The van der Waals surface area contributed by atoms with E-state index in [0.29, 0.717) is 32.0 Å². The van der Waals surface area contributed by atoms with Crippen molar-refractivity contribution in [3.63, 3.8) is 0 Å². The first-order valence-electron chi connectivity index (χ1n) is 11.3. The summed E-state index contributed by atoms with van der Waals surface area (Å²) in [4.78, 5) is 28.4. The first-order chi connectivity index (χ1) is 16.7. The summed E-state index contributed by atoms with van der Waals surface area (Å²) < 4.78 is 85.8. The van der Waals surface area contributed by atoms with Crippen molar-refractivity contribution in [1.82, 2.24) is 4.90 Å². The van der Waals surface area contributed by atoms with Gasteiger partial charge in [0, 0.05) is 35.3 Å². The van der Waals surface area contributed by atoms with Crippen molar-refractivity contribution in [2.45, 2.75) is 50.6 Å². The average Bonchev–Trinajstić information content (AvgIpc) is 2.96. The molecule has 1 fully saturated rings. The zero-order chi connectivity index (χ0) is 26.7. The number of halogens is 7. The number of alkyl halides is 3. The van der Waals surface area contributed by atoms with Gasteiger partial charge in [-0.3, -0.25) is 9.59 Å². The maximum Gasteiger partial charge on any atom is 0.416 e. The molecule has 1 aliphatic carbocycles. The molecule has 0 spiro atoms. The number of hydrogen-bond acceptors (Lipinski definition) is 4. The van der Waals surface area contributed by atoms with Crippen LogP contribution in [0.5, 0.6) is 0 Å². The summed E-state index contributed by atoms with van der Waals surface area (Å²) in [5, 5.41) is 11.5. The third-order valence-electron chi connectivity index (χ3n) is 7.01. The molecule has 2 aliphatic rings. The van der Waals surface area contributed by atoms with Gasteiger partial charge in [0.25, 0.3) is 5.91 Å². The number of aliphatic hydroxyl groups is 1. The first-order valence-corrected chi connectivity index (χ1v) is 11.3. The third-order valence-corrected chi connectivity index (χ3v) is 7.01. The van der Waals surface area contributed by atoms with Gasteiger partial charge in [-0.2, -0.15) is 13.2 Å². The molecular weight excluding hydrogens is 528 g/mol. The number of nitrogens with two attached hydrogens (primary N) is 1. The van der Waals surface area contributed by atoms with E-state index in [1.807, 2.05) is 13.8 Å². The minimum Gasteiger partial charge on any atom is -0.371 e.